The lowest BCUT2D eigenvalue weighted by molar-refractivity contribution is -0.116. The molecule has 5 nitrogen and oxygen atoms in total. The molecule has 2 rings (SSSR count). The van der Waals surface area contributed by atoms with Gasteiger partial charge in [0.15, 0.2) is 5.16 Å². The normalized spacial score (nSPS) is 10.5. The molecular formula is C14H18N4OS. The Morgan fingerprint density at radius 1 is 1.40 bits per heavy atom. The maximum atomic E-state index is 11.8. The highest BCUT2D eigenvalue weighted by Crippen LogP contribution is 2.32. The number of carbonyl (C=O) groups excluding carboxylic acids is 1. The summed E-state index contributed by atoms with van der Waals surface area (Å²) in [6.07, 6.45) is 4.12. The van der Waals surface area contributed by atoms with Gasteiger partial charge in [0.2, 0.25) is 5.91 Å². The molecule has 0 fully saturated rings. The van der Waals surface area contributed by atoms with E-state index in [-0.39, 0.29) is 5.91 Å². The Bertz CT molecular complexity index is 582. The Morgan fingerprint density at radius 2 is 2.20 bits per heavy atom. The Balaban J connectivity index is 2.10. The van der Waals surface area contributed by atoms with Crippen molar-refractivity contribution in [2.45, 2.75) is 16.5 Å². The number of aryl methyl sites for hydroxylation is 1. The minimum Gasteiger partial charge on any atom is -0.329 e. The highest BCUT2D eigenvalue weighted by atomic mass is 32.2. The largest absolute Gasteiger partial charge is 0.329 e. The quantitative estimate of drug-likeness (QED) is 0.855. The molecule has 0 atom stereocenters. The van der Waals surface area contributed by atoms with Crippen LogP contribution in [0.4, 0.5) is 5.69 Å². The van der Waals surface area contributed by atoms with Crippen LogP contribution in [0.15, 0.2) is 46.7 Å². The van der Waals surface area contributed by atoms with Crippen LogP contribution in [-0.4, -0.2) is 29.1 Å². The van der Waals surface area contributed by atoms with Crippen LogP contribution in [0.2, 0.25) is 0 Å². The molecule has 0 aliphatic heterocycles. The van der Waals surface area contributed by atoms with Gasteiger partial charge in [0, 0.05) is 37.3 Å². The van der Waals surface area contributed by atoms with E-state index in [1.165, 1.54) is 11.8 Å². The van der Waals surface area contributed by atoms with Crippen molar-refractivity contribution in [2.24, 2.45) is 7.05 Å². The number of nitrogens with zero attached hydrogens (tertiary/aromatic N) is 2. The van der Waals surface area contributed by atoms with Crippen molar-refractivity contribution in [3.63, 3.8) is 0 Å². The fourth-order valence-electron chi connectivity index (χ4n) is 1.66. The molecule has 0 unspecified atom stereocenters. The molecule has 1 aromatic heterocycles. The number of hydrogen-bond donors (Lipinski definition) is 2. The second-order valence-corrected chi connectivity index (χ2v) is 5.33. The first kappa shape index (κ1) is 14.6. The SMILES string of the molecule is CNCCC(=O)Nc1ccccc1Sc1nccn1C. The molecule has 0 saturated carbocycles. The van der Waals surface area contributed by atoms with E-state index in [0.717, 1.165) is 15.7 Å². The topological polar surface area (TPSA) is 59.0 Å². The van der Waals surface area contributed by atoms with E-state index >= 15 is 0 Å². The van der Waals surface area contributed by atoms with E-state index in [1.54, 1.807) is 6.20 Å². The smallest absolute Gasteiger partial charge is 0.225 e. The molecule has 0 aliphatic carbocycles. The lowest BCUT2D eigenvalue weighted by Crippen LogP contribution is -2.19. The van der Waals surface area contributed by atoms with Crippen molar-refractivity contribution in [1.29, 1.82) is 0 Å². The maximum Gasteiger partial charge on any atom is 0.225 e. The minimum absolute atomic E-state index is 0.00670. The fraction of sp³-hybridized carbons (Fsp3) is 0.286. The molecular weight excluding hydrogens is 272 g/mol. The predicted octanol–water partition coefficient (Wildman–Crippen LogP) is 2.12. The van der Waals surface area contributed by atoms with Gasteiger partial charge >= 0.3 is 0 Å². The lowest BCUT2D eigenvalue weighted by Gasteiger charge is -2.10. The Morgan fingerprint density at radius 3 is 2.90 bits per heavy atom. The number of carbonyl (C=O) groups is 1. The summed E-state index contributed by atoms with van der Waals surface area (Å²) in [6.45, 7) is 0.667. The van der Waals surface area contributed by atoms with E-state index in [9.17, 15) is 4.79 Å². The minimum atomic E-state index is 0.00670. The Kier molecular flexibility index (Phi) is 5.20. The number of imidazole rings is 1. The summed E-state index contributed by atoms with van der Waals surface area (Å²) in [4.78, 5) is 17.1. The van der Waals surface area contributed by atoms with Crippen molar-refractivity contribution in [3.05, 3.63) is 36.7 Å². The number of benzene rings is 1. The first-order valence-electron chi connectivity index (χ1n) is 6.39. The van der Waals surface area contributed by atoms with Crippen LogP contribution in [0, 0.1) is 0 Å². The van der Waals surface area contributed by atoms with Crippen LogP contribution in [0.5, 0.6) is 0 Å². The van der Waals surface area contributed by atoms with Crippen LogP contribution in [0.1, 0.15) is 6.42 Å². The number of para-hydroxylation sites is 1. The van der Waals surface area contributed by atoms with Crippen molar-refractivity contribution >= 4 is 23.4 Å². The molecule has 0 aliphatic rings. The van der Waals surface area contributed by atoms with E-state index in [2.05, 4.69) is 15.6 Å². The summed E-state index contributed by atoms with van der Waals surface area (Å²) in [5, 5.41) is 6.79. The molecule has 0 spiro atoms. The van der Waals surface area contributed by atoms with Gasteiger partial charge in [-0.25, -0.2) is 4.98 Å². The molecule has 1 aromatic carbocycles. The van der Waals surface area contributed by atoms with Gasteiger partial charge in [0.05, 0.1) is 5.69 Å². The van der Waals surface area contributed by atoms with Crippen molar-refractivity contribution in [1.82, 2.24) is 14.9 Å². The zero-order valence-electron chi connectivity index (χ0n) is 11.6. The van der Waals surface area contributed by atoms with E-state index in [1.807, 2.05) is 49.1 Å². The molecule has 0 bridgehead atoms. The lowest BCUT2D eigenvalue weighted by atomic mass is 10.3. The van der Waals surface area contributed by atoms with Crippen molar-refractivity contribution in [3.8, 4) is 0 Å². The fourth-order valence-corrected chi connectivity index (χ4v) is 2.55. The maximum absolute atomic E-state index is 11.8. The molecule has 2 aromatic rings. The first-order valence-corrected chi connectivity index (χ1v) is 7.21. The van der Waals surface area contributed by atoms with Crippen LogP contribution in [0.25, 0.3) is 0 Å². The van der Waals surface area contributed by atoms with Crippen molar-refractivity contribution in [2.75, 3.05) is 18.9 Å². The van der Waals surface area contributed by atoms with Crippen LogP contribution in [0.3, 0.4) is 0 Å². The monoisotopic (exact) mass is 290 g/mol. The third kappa shape index (κ3) is 3.85. The van der Waals surface area contributed by atoms with Crippen molar-refractivity contribution < 1.29 is 4.79 Å². The first-order chi connectivity index (χ1) is 9.70. The molecule has 0 radical (unpaired) electrons. The predicted molar refractivity (Wildman–Crippen MR) is 80.9 cm³/mol. The molecule has 1 amide bonds. The summed E-state index contributed by atoms with van der Waals surface area (Å²) >= 11 is 1.53. The van der Waals surface area contributed by atoms with Gasteiger partial charge in [0.1, 0.15) is 0 Å². The third-order valence-corrected chi connectivity index (χ3v) is 3.89. The second kappa shape index (κ2) is 7.12. The van der Waals surface area contributed by atoms with Gasteiger partial charge in [-0.3, -0.25) is 4.79 Å². The van der Waals surface area contributed by atoms with Gasteiger partial charge in [-0.1, -0.05) is 12.1 Å². The van der Waals surface area contributed by atoms with Gasteiger partial charge in [-0.05, 0) is 30.9 Å². The average molecular weight is 290 g/mol. The number of rotatable bonds is 6. The van der Waals surface area contributed by atoms with Crippen LogP contribution >= 0.6 is 11.8 Å². The summed E-state index contributed by atoms with van der Waals surface area (Å²) < 4.78 is 1.95. The van der Waals surface area contributed by atoms with E-state index in [0.29, 0.717) is 13.0 Å². The standard InChI is InChI=1S/C14H18N4OS/c1-15-8-7-13(19)17-11-5-3-4-6-12(11)20-14-16-9-10-18(14)2/h3-6,9-10,15H,7-8H2,1-2H3,(H,17,19). The third-order valence-electron chi connectivity index (χ3n) is 2.74. The molecule has 1 heterocycles. The van der Waals surface area contributed by atoms with Gasteiger partial charge in [-0.2, -0.15) is 0 Å². The Labute approximate surface area is 122 Å². The van der Waals surface area contributed by atoms with E-state index in [4.69, 9.17) is 0 Å². The zero-order chi connectivity index (χ0) is 14.4. The van der Waals surface area contributed by atoms with Crippen LogP contribution in [-0.2, 0) is 11.8 Å². The highest BCUT2D eigenvalue weighted by Gasteiger charge is 2.09. The molecule has 20 heavy (non-hydrogen) atoms. The van der Waals surface area contributed by atoms with E-state index < -0.39 is 0 Å². The number of aromatic nitrogens is 2. The van der Waals surface area contributed by atoms with Crippen LogP contribution < -0.4 is 10.6 Å². The summed E-state index contributed by atoms with van der Waals surface area (Å²) in [5.41, 5.74) is 0.821. The Hall–Kier alpha value is -1.79. The molecule has 6 heteroatoms. The summed E-state index contributed by atoms with van der Waals surface area (Å²) in [6, 6.07) is 7.75. The zero-order valence-corrected chi connectivity index (χ0v) is 12.4. The average Bonchev–Trinajstić information content (AvgIpc) is 2.84. The highest BCUT2D eigenvalue weighted by molar-refractivity contribution is 7.99. The van der Waals surface area contributed by atoms with Gasteiger partial charge < -0.3 is 15.2 Å². The summed E-state index contributed by atoms with van der Waals surface area (Å²) in [5.74, 6) is 0.00670. The van der Waals surface area contributed by atoms with Gasteiger partial charge in [-0.15, -0.1) is 0 Å². The molecule has 106 valence electrons. The molecule has 0 saturated heterocycles. The summed E-state index contributed by atoms with van der Waals surface area (Å²) in [7, 11) is 3.78. The number of hydrogen-bond acceptors (Lipinski definition) is 4. The van der Waals surface area contributed by atoms with Gasteiger partial charge in [0.25, 0.3) is 0 Å². The number of anilines is 1. The number of nitrogens with one attached hydrogen (secondary N) is 2. The second-order valence-electron chi connectivity index (χ2n) is 4.32. The molecule has 2 N–H and O–H groups in total. The number of amides is 1.